The van der Waals surface area contributed by atoms with Crippen molar-refractivity contribution >= 4 is 34.7 Å². The second-order valence-electron chi connectivity index (χ2n) is 6.21. The largest absolute Gasteiger partial charge is 0.355 e. The van der Waals surface area contributed by atoms with Crippen LogP contribution in [-0.4, -0.2) is 28.8 Å². The molecule has 0 spiro atoms. The van der Waals surface area contributed by atoms with Crippen LogP contribution in [0.5, 0.6) is 0 Å². The number of anilines is 1. The number of hydrogen-bond donors (Lipinski definition) is 2. The molecule has 2 aromatic carbocycles. The number of thioether (sulfide) groups is 1. The average molecular weight is 364 g/mol. The Kier molecular flexibility index (Phi) is 4.20. The molecule has 6 heteroatoms. The van der Waals surface area contributed by atoms with Crippen LogP contribution in [0, 0.1) is 0 Å². The lowest BCUT2D eigenvalue weighted by Crippen LogP contribution is -2.33. The van der Waals surface area contributed by atoms with Crippen molar-refractivity contribution in [2.45, 2.75) is 17.9 Å². The first-order valence-electron chi connectivity index (χ1n) is 8.45. The van der Waals surface area contributed by atoms with Gasteiger partial charge in [0.2, 0.25) is 5.95 Å². The number of likely N-dealkylation sites (N-methyl/N-ethyl adjacent to an activating group) is 1. The van der Waals surface area contributed by atoms with Gasteiger partial charge < -0.3 is 10.6 Å². The van der Waals surface area contributed by atoms with E-state index in [1.54, 1.807) is 18.8 Å². The van der Waals surface area contributed by atoms with E-state index in [-0.39, 0.29) is 11.9 Å². The number of carbonyl (C=O) groups is 1. The Morgan fingerprint density at radius 3 is 2.62 bits per heavy atom. The molecule has 0 aliphatic carbocycles. The zero-order valence-corrected chi connectivity index (χ0v) is 15.7. The fraction of sp³-hybridized carbons (Fsp3) is 0.200. The van der Waals surface area contributed by atoms with Gasteiger partial charge in [-0.2, -0.15) is 0 Å². The minimum atomic E-state index is -0.227. The van der Waals surface area contributed by atoms with Crippen LogP contribution in [0.25, 0.3) is 11.0 Å². The van der Waals surface area contributed by atoms with Crippen LogP contribution in [0.2, 0.25) is 0 Å². The molecular weight excluding hydrogens is 344 g/mol. The molecule has 2 heterocycles. The molecule has 1 amide bonds. The Bertz CT molecular complexity index is 1020. The molecule has 1 unspecified atom stereocenters. The number of nitrogens with one attached hydrogen (secondary N) is 2. The maximum absolute atomic E-state index is 12.7. The molecule has 2 N–H and O–H groups in total. The summed E-state index contributed by atoms with van der Waals surface area (Å²) in [7, 11) is 1.66. The number of para-hydroxylation sites is 2. The molecule has 0 saturated carbocycles. The Labute approximate surface area is 156 Å². The van der Waals surface area contributed by atoms with E-state index in [4.69, 9.17) is 4.98 Å². The van der Waals surface area contributed by atoms with Crippen LogP contribution in [0.3, 0.4) is 0 Å². The Morgan fingerprint density at radius 2 is 1.92 bits per heavy atom. The summed E-state index contributed by atoms with van der Waals surface area (Å²) in [5.74, 6) is 0.674. The third-order valence-electron chi connectivity index (χ3n) is 4.73. The van der Waals surface area contributed by atoms with E-state index in [2.05, 4.69) is 45.7 Å². The van der Waals surface area contributed by atoms with Crippen LogP contribution in [0.4, 0.5) is 5.95 Å². The minimum absolute atomic E-state index is 0.0858. The standard InChI is InChI=1S/C20H20N4OS/c1-12-17(19(25)21-2)18(13-8-10-14(26-3)11-9-13)24-16-7-5-4-6-15(16)23-20(24)22-12/h4-11,18H,1-3H3,(H,21,25)(H,22,23). The molecular formula is C20H20N4OS. The molecule has 5 nitrogen and oxygen atoms in total. The molecule has 1 aliphatic rings. The summed E-state index contributed by atoms with van der Waals surface area (Å²) in [5, 5.41) is 6.09. The normalized spacial score (nSPS) is 16.3. The van der Waals surface area contributed by atoms with Crippen molar-refractivity contribution in [3.63, 3.8) is 0 Å². The lowest BCUT2D eigenvalue weighted by molar-refractivity contribution is -0.117. The molecule has 0 bridgehead atoms. The second-order valence-corrected chi connectivity index (χ2v) is 7.09. The van der Waals surface area contributed by atoms with Gasteiger partial charge in [-0.25, -0.2) is 4.98 Å². The number of hydrogen-bond acceptors (Lipinski definition) is 4. The van der Waals surface area contributed by atoms with Crippen LogP contribution >= 0.6 is 11.8 Å². The van der Waals surface area contributed by atoms with Gasteiger partial charge in [-0.15, -0.1) is 11.8 Å². The van der Waals surface area contributed by atoms with E-state index in [1.807, 2.05) is 31.2 Å². The highest BCUT2D eigenvalue weighted by Crippen LogP contribution is 2.39. The molecule has 0 radical (unpaired) electrons. The molecule has 1 atom stereocenters. The Morgan fingerprint density at radius 1 is 1.19 bits per heavy atom. The summed E-state index contributed by atoms with van der Waals surface area (Å²) in [5.41, 5.74) is 4.51. The zero-order chi connectivity index (χ0) is 18.3. The number of fused-ring (bicyclic) bond motifs is 3. The predicted molar refractivity (Wildman–Crippen MR) is 106 cm³/mol. The van der Waals surface area contributed by atoms with Gasteiger partial charge >= 0.3 is 0 Å². The van der Waals surface area contributed by atoms with Crippen molar-refractivity contribution < 1.29 is 4.79 Å². The maximum Gasteiger partial charge on any atom is 0.251 e. The van der Waals surface area contributed by atoms with Crippen LogP contribution in [-0.2, 0) is 4.79 Å². The molecule has 26 heavy (non-hydrogen) atoms. The summed E-state index contributed by atoms with van der Waals surface area (Å²) in [4.78, 5) is 18.6. The van der Waals surface area contributed by atoms with Gasteiger partial charge in [0.1, 0.15) is 0 Å². The third-order valence-corrected chi connectivity index (χ3v) is 5.48. The van der Waals surface area contributed by atoms with Crippen LogP contribution in [0.15, 0.2) is 64.7 Å². The van der Waals surface area contributed by atoms with Gasteiger partial charge in [0.15, 0.2) is 0 Å². The van der Waals surface area contributed by atoms with Crippen molar-refractivity contribution in [3.05, 3.63) is 65.4 Å². The first-order valence-corrected chi connectivity index (χ1v) is 9.67. The quantitative estimate of drug-likeness (QED) is 0.694. The third kappa shape index (κ3) is 2.57. The predicted octanol–water partition coefficient (Wildman–Crippen LogP) is 3.79. The summed E-state index contributed by atoms with van der Waals surface area (Å²) in [6.07, 6.45) is 2.06. The monoisotopic (exact) mass is 364 g/mol. The number of benzene rings is 2. The molecule has 3 aromatic rings. The van der Waals surface area contributed by atoms with E-state index in [1.165, 1.54) is 4.90 Å². The first-order chi connectivity index (χ1) is 12.6. The molecule has 0 fully saturated rings. The number of nitrogens with zero attached hydrogens (tertiary/aromatic N) is 2. The number of allylic oxidation sites excluding steroid dienone is 1. The minimum Gasteiger partial charge on any atom is -0.355 e. The number of aromatic nitrogens is 2. The summed E-state index contributed by atoms with van der Waals surface area (Å²) >= 11 is 1.70. The molecule has 1 aromatic heterocycles. The maximum atomic E-state index is 12.7. The number of rotatable bonds is 3. The van der Waals surface area contributed by atoms with E-state index in [0.29, 0.717) is 5.57 Å². The van der Waals surface area contributed by atoms with Crippen LogP contribution < -0.4 is 10.6 Å². The van der Waals surface area contributed by atoms with Crippen LogP contribution in [0.1, 0.15) is 18.5 Å². The SMILES string of the molecule is CNC(=O)C1=C(C)Nc2nc3ccccc3n2C1c1ccc(SC)cc1. The van der Waals surface area contributed by atoms with Gasteiger partial charge in [0.25, 0.3) is 5.91 Å². The van der Waals surface area contributed by atoms with Gasteiger partial charge in [0.05, 0.1) is 22.6 Å². The van der Waals surface area contributed by atoms with Crippen molar-refractivity contribution in [2.75, 3.05) is 18.6 Å². The van der Waals surface area contributed by atoms with Gasteiger partial charge in [-0.05, 0) is 43.0 Å². The zero-order valence-electron chi connectivity index (χ0n) is 14.9. The molecule has 1 aliphatic heterocycles. The highest BCUT2D eigenvalue weighted by atomic mass is 32.2. The van der Waals surface area contributed by atoms with Crippen molar-refractivity contribution in [1.29, 1.82) is 0 Å². The summed E-state index contributed by atoms with van der Waals surface area (Å²) in [6.45, 7) is 1.93. The van der Waals surface area contributed by atoms with Crippen molar-refractivity contribution in [3.8, 4) is 0 Å². The van der Waals surface area contributed by atoms with Gasteiger partial charge in [-0.3, -0.25) is 9.36 Å². The van der Waals surface area contributed by atoms with E-state index >= 15 is 0 Å². The van der Waals surface area contributed by atoms with E-state index < -0.39 is 0 Å². The Hall–Kier alpha value is -2.73. The lowest BCUT2D eigenvalue weighted by Gasteiger charge is -2.30. The van der Waals surface area contributed by atoms with Crippen molar-refractivity contribution in [2.24, 2.45) is 0 Å². The smallest absolute Gasteiger partial charge is 0.251 e. The number of carbonyl (C=O) groups excluding carboxylic acids is 1. The van der Waals surface area contributed by atoms with Gasteiger partial charge in [-0.1, -0.05) is 24.3 Å². The first kappa shape index (κ1) is 16.7. The molecule has 4 rings (SSSR count). The fourth-order valence-corrected chi connectivity index (χ4v) is 3.90. The van der Waals surface area contributed by atoms with E-state index in [0.717, 1.165) is 28.2 Å². The number of imidazole rings is 1. The molecule has 132 valence electrons. The highest BCUT2D eigenvalue weighted by Gasteiger charge is 2.33. The summed E-state index contributed by atoms with van der Waals surface area (Å²) in [6, 6.07) is 16.2. The topological polar surface area (TPSA) is 59.0 Å². The lowest BCUT2D eigenvalue weighted by atomic mass is 9.94. The van der Waals surface area contributed by atoms with Crippen molar-refractivity contribution in [1.82, 2.24) is 14.9 Å². The fourth-order valence-electron chi connectivity index (χ4n) is 3.49. The summed E-state index contributed by atoms with van der Waals surface area (Å²) < 4.78 is 2.11. The van der Waals surface area contributed by atoms with Gasteiger partial charge in [0, 0.05) is 17.6 Å². The average Bonchev–Trinajstić information content (AvgIpc) is 3.04. The van der Waals surface area contributed by atoms with E-state index in [9.17, 15) is 4.79 Å². The highest BCUT2D eigenvalue weighted by molar-refractivity contribution is 7.98. The Balaban J connectivity index is 1.97. The second kappa shape index (κ2) is 6.53. The molecule has 0 saturated heterocycles. The number of amides is 1.